The second-order valence-corrected chi connectivity index (χ2v) is 9.57. The molecule has 186 valence electrons. The van der Waals surface area contributed by atoms with Crippen molar-refractivity contribution in [3.05, 3.63) is 36.0 Å². The van der Waals surface area contributed by atoms with Gasteiger partial charge < -0.3 is 30.0 Å². The molecule has 9 nitrogen and oxygen atoms in total. The van der Waals surface area contributed by atoms with E-state index < -0.39 is 0 Å². The fourth-order valence-corrected chi connectivity index (χ4v) is 4.67. The number of imidazole rings is 1. The summed E-state index contributed by atoms with van der Waals surface area (Å²) >= 11 is 0. The van der Waals surface area contributed by atoms with Crippen LogP contribution in [0.25, 0.3) is 22.6 Å². The largest absolute Gasteiger partial charge is 0.484 e. The molecule has 1 unspecified atom stereocenters. The number of benzene rings is 1. The molecule has 2 aliphatic heterocycles. The molecule has 4 heterocycles. The number of anilines is 1. The van der Waals surface area contributed by atoms with Crippen molar-refractivity contribution in [2.24, 2.45) is 0 Å². The molecule has 3 aromatic rings. The van der Waals surface area contributed by atoms with Gasteiger partial charge in [0.1, 0.15) is 17.1 Å². The number of likely N-dealkylation sites (tertiary alicyclic amines) is 1. The second kappa shape index (κ2) is 10.6. The minimum absolute atomic E-state index is 0.0219. The Balaban J connectivity index is 1.22. The number of piperidine rings is 1. The number of aryl methyl sites for hydroxylation is 1. The van der Waals surface area contributed by atoms with E-state index >= 15 is 0 Å². The maximum absolute atomic E-state index is 12.1. The standard InChI is InChI=1S/C26H34N6O3/c1-17-14-28-26-24(23(17)29-19-9-11-32(2)12-10-19)30-25(31-26)18-5-7-20(8-6-18)35-16-22(33)27-15-21-4-3-13-34-21/h5-8,14,19,21H,3-4,9-13,15-16H2,1-2H3,(H,27,33)(H2,28,29,30,31). The van der Waals surface area contributed by atoms with Crippen LogP contribution in [0.4, 0.5) is 5.69 Å². The van der Waals surface area contributed by atoms with E-state index in [4.69, 9.17) is 14.5 Å². The lowest BCUT2D eigenvalue weighted by Crippen LogP contribution is -2.36. The molecule has 0 saturated carbocycles. The summed E-state index contributed by atoms with van der Waals surface area (Å²) in [7, 11) is 2.17. The Kier molecular flexibility index (Phi) is 7.15. The monoisotopic (exact) mass is 478 g/mol. The average molecular weight is 479 g/mol. The van der Waals surface area contributed by atoms with Crippen LogP contribution < -0.4 is 15.4 Å². The van der Waals surface area contributed by atoms with Crippen LogP contribution in [0.5, 0.6) is 5.75 Å². The zero-order valence-electron chi connectivity index (χ0n) is 20.5. The zero-order chi connectivity index (χ0) is 24.2. The molecule has 9 heteroatoms. The van der Waals surface area contributed by atoms with Gasteiger partial charge in [0.25, 0.3) is 5.91 Å². The van der Waals surface area contributed by atoms with Crippen molar-refractivity contribution in [2.75, 3.05) is 45.2 Å². The summed E-state index contributed by atoms with van der Waals surface area (Å²) < 4.78 is 11.2. The third-order valence-corrected chi connectivity index (χ3v) is 6.83. The first-order chi connectivity index (χ1) is 17.0. The Labute approximate surface area is 205 Å². The van der Waals surface area contributed by atoms with E-state index in [0.29, 0.717) is 24.0 Å². The summed E-state index contributed by atoms with van der Waals surface area (Å²) in [6, 6.07) is 8.03. The molecule has 0 spiro atoms. The maximum atomic E-state index is 12.1. The molecular formula is C26H34N6O3. The molecule has 3 N–H and O–H groups in total. The molecule has 0 radical (unpaired) electrons. The van der Waals surface area contributed by atoms with Gasteiger partial charge in [-0.2, -0.15) is 0 Å². The Morgan fingerprint density at radius 1 is 1.23 bits per heavy atom. The number of rotatable bonds is 8. The van der Waals surface area contributed by atoms with Crippen molar-refractivity contribution < 1.29 is 14.3 Å². The minimum Gasteiger partial charge on any atom is -0.484 e. The third-order valence-electron chi connectivity index (χ3n) is 6.83. The SMILES string of the molecule is Cc1cnc2nc(-c3ccc(OCC(=O)NCC4CCCO4)cc3)[nH]c2c1NC1CCN(C)CC1. The molecule has 0 aliphatic carbocycles. The molecule has 2 aliphatic rings. The quantitative estimate of drug-likeness (QED) is 0.457. The fraction of sp³-hybridized carbons (Fsp3) is 0.500. The predicted octanol–water partition coefficient (Wildman–Crippen LogP) is 3.11. The van der Waals surface area contributed by atoms with Crippen LogP contribution in [0.15, 0.2) is 30.5 Å². The van der Waals surface area contributed by atoms with E-state index in [-0.39, 0.29) is 18.6 Å². The normalized spacial score (nSPS) is 19.2. The van der Waals surface area contributed by atoms with E-state index in [1.807, 2.05) is 30.5 Å². The van der Waals surface area contributed by atoms with Gasteiger partial charge in [-0.3, -0.25) is 4.79 Å². The van der Waals surface area contributed by atoms with Gasteiger partial charge in [-0.15, -0.1) is 0 Å². The molecule has 2 saturated heterocycles. The third kappa shape index (κ3) is 5.74. The molecule has 1 aromatic carbocycles. The molecular weight excluding hydrogens is 444 g/mol. The number of pyridine rings is 1. The number of nitrogens with one attached hydrogen (secondary N) is 3. The van der Waals surface area contributed by atoms with Crippen LogP contribution in [-0.2, 0) is 9.53 Å². The van der Waals surface area contributed by atoms with Crippen molar-refractivity contribution in [2.45, 2.75) is 44.8 Å². The fourth-order valence-electron chi connectivity index (χ4n) is 4.67. The van der Waals surface area contributed by atoms with E-state index in [0.717, 1.165) is 73.5 Å². The molecule has 1 atom stereocenters. The predicted molar refractivity (Wildman–Crippen MR) is 136 cm³/mol. The molecule has 5 rings (SSSR count). The summed E-state index contributed by atoms with van der Waals surface area (Å²) in [6.45, 7) is 5.57. The van der Waals surface area contributed by atoms with Gasteiger partial charge in [-0.05, 0) is 82.6 Å². The number of aromatic nitrogens is 3. The van der Waals surface area contributed by atoms with E-state index in [1.165, 1.54) is 0 Å². The van der Waals surface area contributed by atoms with Crippen molar-refractivity contribution >= 4 is 22.8 Å². The number of carbonyl (C=O) groups is 1. The van der Waals surface area contributed by atoms with Gasteiger partial charge >= 0.3 is 0 Å². The van der Waals surface area contributed by atoms with Crippen LogP contribution in [-0.4, -0.2) is 77.8 Å². The van der Waals surface area contributed by atoms with Crippen LogP contribution in [0.2, 0.25) is 0 Å². The Morgan fingerprint density at radius 3 is 2.77 bits per heavy atom. The lowest BCUT2D eigenvalue weighted by molar-refractivity contribution is -0.123. The topological polar surface area (TPSA) is 104 Å². The first-order valence-electron chi connectivity index (χ1n) is 12.5. The molecule has 35 heavy (non-hydrogen) atoms. The van der Waals surface area contributed by atoms with Gasteiger partial charge in [0.15, 0.2) is 12.3 Å². The maximum Gasteiger partial charge on any atom is 0.258 e. The highest BCUT2D eigenvalue weighted by Crippen LogP contribution is 2.29. The summed E-state index contributed by atoms with van der Waals surface area (Å²) in [5.41, 5.74) is 4.75. The summed E-state index contributed by atoms with van der Waals surface area (Å²) in [5, 5.41) is 6.61. The highest BCUT2D eigenvalue weighted by Gasteiger charge is 2.20. The molecule has 2 aromatic heterocycles. The summed E-state index contributed by atoms with van der Waals surface area (Å²) in [5.74, 6) is 1.24. The highest BCUT2D eigenvalue weighted by molar-refractivity contribution is 5.89. The van der Waals surface area contributed by atoms with Gasteiger partial charge in [-0.1, -0.05) is 0 Å². The first-order valence-corrected chi connectivity index (χ1v) is 12.5. The number of H-pyrrole nitrogens is 1. The van der Waals surface area contributed by atoms with Crippen molar-refractivity contribution in [3.8, 4) is 17.1 Å². The summed E-state index contributed by atoms with van der Waals surface area (Å²) in [4.78, 5) is 27.2. The van der Waals surface area contributed by atoms with Crippen LogP contribution in [0.3, 0.4) is 0 Å². The number of amides is 1. The smallest absolute Gasteiger partial charge is 0.258 e. The average Bonchev–Trinajstić information content (AvgIpc) is 3.55. The van der Waals surface area contributed by atoms with Gasteiger partial charge in [0.05, 0.1) is 11.8 Å². The highest BCUT2D eigenvalue weighted by atomic mass is 16.5. The van der Waals surface area contributed by atoms with E-state index in [2.05, 4.69) is 39.5 Å². The van der Waals surface area contributed by atoms with Crippen LogP contribution >= 0.6 is 0 Å². The summed E-state index contributed by atoms with van der Waals surface area (Å²) in [6.07, 6.45) is 6.30. The minimum atomic E-state index is -0.145. The number of carbonyl (C=O) groups excluding carboxylic acids is 1. The number of aromatic amines is 1. The molecule has 1 amide bonds. The first kappa shape index (κ1) is 23.6. The number of hydrogen-bond acceptors (Lipinski definition) is 7. The van der Waals surface area contributed by atoms with E-state index in [1.54, 1.807) is 0 Å². The van der Waals surface area contributed by atoms with Crippen molar-refractivity contribution in [1.82, 2.24) is 25.2 Å². The van der Waals surface area contributed by atoms with Crippen LogP contribution in [0, 0.1) is 6.92 Å². The number of hydrogen-bond donors (Lipinski definition) is 3. The lowest BCUT2D eigenvalue weighted by Gasteiger charge is -2.30. The number of fused-ring (bicyclic) bond motifs is 1. The Hall–Kier alpha value is -3.17. The lowest BCUT2D eigenvalue weighted by atomic mass is 10.0. The van der Waals surface area contributed by atoms with Crippen molar-refractivity contribution in [1.29, 1.82) is 0 Å². The number of ether oxygens (including phenoxy) is 2. The van der Waals surface area contributed by atoms with E-state index in [9.17, 15) is 4.79 Å². The molecule has 2 fully saturated rings. The second-order valence-electron chi connectivity index (χ2n) is 9.57. The van der Waals surface area contributed by atoms with Gasteiger partial charge in [-0.25, -0.2) is 9.97 Å². The molecule has 0 bridgehead atoms. The van der Waals surface area contributed by atoms with Gasteiger partial charge in [0.2, 0.25) is 0 Å². The van der Waals surface area contributed by atoms with Crippen molar-refractivity contribution in [3.63, 3.8) is 0 Å². The Morgan fingerprint density at radius 2 is 2.03 bits per heavy atom. The Bertz CT molecular complexity index is 1150. The zero-order valence-corrected chi connectivity index (χ0v) is 20.5. The van der Waals surface area contributed by atoms with Gasteiger partial charge in [0, 0.05) is 31.0 Å². The number of nitrogens with zero attached hydrogens (tertiary/aromatic N) is 3. The van der Waals surface area contributed by atoms with Crippen LogP contribution in [0.1, 0.15) is 31.2 Å².